The van der Waals surface area contributed by atoms with Crippen molar-refractivity contribution in [2.75, 3.05) is 13.1 Å². The van der Waals surface area contributed by atoms with Crippen LogP contribution in [0.5, 0.6) is 0 Å². The minimum atomic E-state index is 0.837. The first-order valence-electron chi connectivity index (χ1n) is 7.59. The first-order valence-corrected chi connectivity index (χ1v) is 7.59. The molecule has 4 rings (SSSR count). The van der Waals surface area contributed by atoms with Gasteiger partial charge in [-0.3, -0.25) is 4.90 Å². The number of benzene rings is 2. The number of rotatable bonds is 2. The second-order valence-corrected chi connectivity index (χ2v) is 5.59. The van der Waals surface area contributed by atoms with Crippen LogP contribution >= 0.6 is 0 Å². The Morgan fingerprint density at radius 2 is 1.48 bits per heavy atom. The quantitative estimate of drug-likeness (QED) is 0.780. The van der Waals surface area contributed by atoms with Crippen molar-refractivity contribution in [2.45, 2.75) is 12.8 Å². The van der Waals surface area contributed by atoms with Crippen molar-refractivity contribution >= 4 is 16.7 Å². The van der Waals surface area contributed by atoms with Crippen LogP contribution in [0.1, 0.15) is 12.8 Å². The SMILES string of the molecule is c1ccc(-c2nc([NH+]3CCCC3)c3ccccc3n2)cc1. The van der Waals surface area contributed by atoms with E-state index in [2.05, 4.69) is 30.3 Å². The summed E-state index contributed by atoms with van der Waals surface area (Å²) in [5.41, 5.74) is 2.13. The van der Waals surface area contributed by atoms with Gasteiger partial charge in [0, 0.05) is 18.4 Å². The maximum Gasteiger partial charge on any atom is 0.237 e. The van der Waals surface area contributed by atoms with E-state index in [0.29, 0.717) is 0 Å². The number of nitrogens with one attached hydrogen (secondary N) is 1. The predicted molar refractivity (Wildman–Crippen MR) is 84.6 cm³/mol. The molecule has 3 heteroatoms. The minimum Gasteiger partial charge on any atom is -0.285 e. The van der Waals surface area contributed by atoms with E-state index in [4.69, 9.17) is 9.97 Å². The average molecular weight is 276 g/mol. The summed E-state index contributed by atoms with van der Waals surface area (Å²) in [6, 6.07) is 18.6. The smallest absolute Gasteiger partial charge is 0.237 e. The second-order valence-electron chi connectivity index (χ2n) is 5.59. The van der Waals surface area contributed by atoms with Gasteiger partial charge in [0.25, 0.3) is 0 Å². The first kappa shape index (κ1) is 12.5. The fourth-order valence-corrected chi connectivity index (χ4v) is 3.10. The van der Waals surface area contributed by atoms with Gasteiger partial charge in [0.2, 0.25) is 5.82 Å². The van der Waals surface area contributed by atoms with Crippen molar-refractivity contribution in [1.82, 2.24) is 9.97 Å². The van der Waals surface area contributed by atoms with Crippen molar-refractivity contribution in [2.24, 2.45) is 0 Å². The van der Waals surface area contributed by atoms with E-state index >= 15 is 0 Å². The zero-order valence-corrected chi connectivity index (χ0v) is 11.9. The molecular formula is C18H18N3+. The highest BCUT2D eigenvalue weighted by molar-refractivity contribution is 5.87. The molecule has 0 aliphatic carbocycles. The van der Waals surface area contributed by atoms with Gasteiger partial charge in [-0.2, -0.15) is 4.98 Å². The lowest BCUT2D eigenvalue weighted by molar-refractivity contribution is -0.819. The molecule has 104 valence electrons. The van der Waals surface area contributed by atoms with Crippen LogP contribution in [-0.2, 0) is 0 Å². The van der Waals surface area contributed by atoms with Crippen LogP contribution in [0.2, 0.25) is 0 Å². The number of quaternary nitrogens is 1. The molecule has 21 heavy (non-hydrogen) atoms. The zero-order chi connectivity index (χ0) is 14.1. The molecule has 1 aliphatic heterocycles. The van der Waals surface area contributed by atoms with E-state index in [1.807, 2.05) is 24.3 Å². The zero-order valence-electron chi connectivity index (χ0n) is 11.9. The number of hydrogen-bond acceptors (Lipinski definition) is 2. The summed E-state index contributed by atoms with van der Waals surface area (Å²) in [6.45, 7) is 2.35. The highest BCUT2D eigenvalue weighted by atomic mass is 15.2. The molecule has 0 bridgehead atoms. The van der Waals surface area contributed by atoms with Crippen molar-refractivity contribution in [3.8, 4) is 11.4 Å². The van der Waals surface area contributed by atoms with Gasteiger partial charge < -0.3 is 0 Å². The van der Waals surface area contributed by atoms with Crippen molar-refractivity contribution in [3.05, 3.63) is 54.6 Å². The van der Waals surface area contributed by atoms with Gasteiger partial charge in [0.1, 0.15) is 0 Å². The Morgan fingerprint density at radius 1 is 0.762 bits per heavy atom. The van der Waals surface area contributed by atoms with Crippen LogP contribution in [0.25, 0.3) is 22.3 Å². The van der Waals surface area contributed by atoms with Crippen molar-refractivity contribution in [1.29, 1.82) is 0 Å². The molecule has 0 spiro atoms. The van der Waals surface area contributed by atoms with Crippen LogP contribution in [0.3, 0.4) is 0 Å². The number of aromatic nitrogens is 2. The summed E-state index contributed by atoms with van der Waals surface area (Å²) in [7, 11) is 0. The lowest BCUT2D eigenvalue weighted by Gasteiger charge is -2.14. The van der Waals surface area contributed by atoms with E-state index in [1.54, 1.807) is 0 Å². The maximum absolute atomic E-state index is 4.90. The Labute approximate surface area is 124 Å². The molecule has 0 radical (unpaired) electrons. The normalized spacial score (nSPS) is 15.6. The van der Waals surface area contributed by atoms with E-state index in [1.165, 1.54) is 36.2 Å². The van der Waals surface area contributed by atoms with Gasteiger partial charge in [-0.25, -0.2) is 4.98 Å². The second kappa shape index (κ2) is 5.26. The van der Waals surface area contributed by atoms with Gasteiger partial charge in [-0.15, -0.1) is 0 Å². The summed E-state index contributed by atoms with van der Waals surface area (Å²) < 4.78 is 0. The fourth-order valence-electron chi connectivity index (χ4n) is 3.10. The van der Waals surface area contributed by atoms with Crippen LogP contribution in [-0.4, -0.2) is 23.1 Å². The third kappa shape index (κ3) is 2.30. The molecule has 2 heterocycles. The van der Waals surface area contributed by atoms with E-state index in [9.17, 15) is 0 Å². The van der Waals surface area contributed by atoms with E-state index in [0.717, 1.165) is 22.7 Å². The van der Waals surface area contributed by atoms with Crippen molar-refractivity contribution in [3.63, 3.8) is 0 Å². The number of hydrogen-bond donors (Lipinski definition) is 1. The molecule has 3 nitrogen and oxygen atoms in total. The van der Waals surface area contributed by atoms with Crippen LogP contribution in [0.4, 0.5) is 5.82 Å². The van der Waals surface area contributed by atoms with Gasteiger partial charge in [-0.05, 0) is 12.1 Å². The third-order valence-electron chi connectivity index (χ3n) is 4.18. The van der Waals surface area contributed by atoms with Gasteiger partial charge in [0.15, 0.2) is 5.82 Å². The molecule has 1 fully saturated rings. The highest BCUT2D eigenvalue weighted by Gasteiger charge is 2.23. The minimum absolute atomic E-state index is 0.837. The molecule has 1 aliphatic rings. The van der Waals surface area contributed by atoms with Gasteiger partial charge in [0.05, 0.1) is 24.0 Å². The summed E-state index contributed by atoms with van der Waals surface area (Å²) in [5.74, 6) is 2.00. The van der Waals surface area contributed by atoms with Gasteiger partial charge in [-0.1, -0.05) is 42.5 Å². The maximum atomic E-state index is 4.90. The Kier molecular flexibility index (Phi) is 3.13. The Morgan fingerprint density at radius 3 is 2.29 bits per heavy atom. The summed E-state index contributed by atoms with van der Waals surface area (Å²) in [5, 5.41) is 1.19. The lowest BCUT2D eigenvalue weighted by Crippen LogP contribution is -3.05. The van der Waals surface area contributed by atoms with Gasteiger partial charge >= 0.3 is 0 Å². The van der Waals surface area contributed by atoms with E-state index in [-0.39, 0.29) is 0 Å². The van der Waals surface area contributed by atoms with Crippen LogP contribution < -0.4 is 4.90 Å². The summed E-state index contributed by atoms with van der Waals surface area (Å²) in [4.78, 5) is 11.1. The molecule has 0 amide bonds. The van der Waals surface area contributed by atoms with Crippen LogP contribution in [0.15, 0.2) is 54.6 Å². The van der Waals surface area contributed by atoms with Crippen LogP contribution in [0, 0.1) is 0 Å². The highest BCUT2D eigenvalue weighted by Crippen LogP contribution is 2.23. The standard InChI is InChI=1S/C18H17N3/c1-2-8-14(9-3-1)17-19-16-11-5-4-10-15(16)18(20-17)21-12-6-7-13-21/h1-5,8-11H,6-7,12-13H2/p+1. The third-order valence-corrected chi connectivity index (χ3v) is 4.18. The Bertz CT molecular complexity index is 762. The molecule has 0 atom stereocenters. The van der Waals surface area contributed by atoms with E-state index < -0.39 is 0 Å². The molecule has 1 saturated heterocycles. The Balaban J connectivity index is 1.93. The molecule has 2 aromatic carbocycles. The number of nitrogens with zero attached hydrogens (tertiary/aromatic N) is 2. The fraction of sp³-hybridized carbons (Fsp3) is 0.222. The summed E-state index contributed by atoms with van der Waals surface area (Å²) >= 11 is 0. The average Bonchev–Trinajstić information content (AvgIpc) is 3.09. The molecule has 3 aromatic rings. The first-order chi connectivity index (χ1) is 10.4. The lowest BCUT2D eigenvalue weighted by atomic mass is 10.2. The molecule has 0 unspecified atom stereocenters. The molecule has 0 saturated carbocycles. The number of fused-ring (bicyclic) bond motifs is 1. The molecule has 1 N–H and O–H groups in total. The predicted octanol–water partition coefficient (Wildman–Crippen LogP) is 2.61. The molecule has 1 aromatic heterocycles. The largest absolute Gasteiger partial charge is 0.285 e. The van der Waals surface area contributed by atoms with Crippen molar-refractivity contribution < 1.29 is 4.90 Å². The Hall–Kier alpha value is -2.26. The summed E-state index contributed by atoms with van der Waals surface area (Å²) in [6.07, 6.45) is 2.57. The molecular weight excluding hydrogens is 258 g/mol. The number of para-hydroxylation sites is 1. The topological polar surface area (TPSA) is 30.2 Å². The monoisotopic (exact) mass is 276 g/mol.